The first-order valence-corrected chi connectivity index (χ1v) is 18.3. The van der Waals surface area contributed by atoms with Crippen molar-refractivity contribution >= 4 is 70.4 Å². The molecule has 0 N–H and O–H groups in total. The summed E-state index contributed by atoms with van der Waals surface area (Å²) in [5.74, 6) is -0.231. The Morgan fingerprint density at radius 2 is 0.923 bits per heavy atom. The van der Waals surface area contributed by atoms with Crippen molar-refractivity contribution in [1.29, 1.82) is 0 Å². The number of fused-ring (bicyclic) bond motifs is 6. The Morgan fingerprint density at radius 1 is 0.385 bits per heavy atom. The number of thiophene rings is 1. The molecular weight excluding hydrogens is 656 g/mol. The van der Waals surface area contributed by atoms with Gasteiger partial charge < -0.3 is 9.47 Å². The van der Waals surface area contributed by atoms with Gasteiger partial charge in [0.25, 0.3) is 0 Å². The Bertz CT molecular complexity index is 2890. The lowest BCUT2D eigenvalue weighted by Crippen LogP contribution is -2.09. The summed E-state index contributed by atoms with van der Waals surface area (Å²) in [6.07, 6.45) is 0. The summed E-state index contributed by atoms with van der Waals surface area (Å²) in [6, 6.07) is 65.5. The minimum Gasteiger partial charge on any atom is -0.310 e. The number of nitrogens with zero attached hydrogens (tertiary/aromatic N) is 2. The van der Waals surface area contributed by atoms with Crippen LogP contribution >= 0.6 is 11.3 Å². The second kappa shape index (κ2) is 12.4. The zero-order valence-electron chi connectivity index (χ0n) is 28.1. The molecule has 0 radical (unpaired) electrons. The topological polar surface area (TPSA) is 8.17 Å². The van der Waals surface area contributed by atoms with Crippen molar-refractivity contribution in [1.82, 2.24) is 4.57 Å². The Hall–Kier alpha value is -6.49. The second-order valence-corrected chi connectivity index (χ2v) is 14.2. The van der Waals surface area contributed by atoms with Crippen LogP contribution in [0.5, 0.6) is 0 Å². The van der Waals surface area contributed by atoms with Gasteiger partial charge in [-0.25, -0.2) is 4.39 Å². The van der Waals surface area contributed by atoms with Crippen molar-refractivity contribution in [2.24, 2.45) is 0 Å². The largest absolute Gasteiger partial charge is 0.310 e. The molecule has 4 heteroatoms. The van der Waals surface area contributed by atoms with E-state index >= 15 is 0 Å². The lowest BCUT2D eigenvalue weighted by Gasteiger charge is -2.26. The fourth-order valence-electron chi connectivity index (χ4n) is 7.56. The van der Waals surface area contributed by atoms with E-state index in [9.17, 15) is 4.39 Å². The van der Waals surface area contributed by atoms with Crippen molar-refractivity contribution < 1.29 is 4.39 Å². The van der Waals surface area contributed by atoms with Crippen molar-refractivity contribution in [2.45, 2.75) is 0 Å². The first kappa shape index (κ1) is 30.3. The molecule has 0 bridgehead atoms. The lowest BCUT2D eigenvalue weighted by molar-refractivity contribution is 0.628. The fourth-order valence-corrected chi connectivity index (χ4v) is 8.70. The van der Waals surface area contributed by atoms with Crippen LogP contribution in [0.15, 0.2) is 188 Å². The van der Waals surface area contributed by atoms with Gasteiger partial charge in [0.05, 0.1) is 11.0 Å². The molecule has 52 heavy (non-hydrogen) atoms. The van der Waals surface area contributed by atoms with Crippen LogP contribution in [0, 0.1) is 5.82 Å². The highest BCUT2D eigenvalue weighted by molar-refractivity contribution is 7.25. The standard InChI is InChI=1S/C48H31FN2S/c49-36-21-14-32(15-22-36)33-16-23-38(24-17-33)50(40-27-28-43-42-11-5-7-13-47(42)52-48(43)31-40)39-25-18-34(19-26-39)35-20-29-46-44(30-35)41-10-4-6-12-45(41)51(46)37-8-2-1-3-9-37/h1-31H. The Labute approximate surface area is 304 Å². The highest BCUT2D eigenvalue weighted by atomic mass is 32.1. The summed E-state index contributed by atoms with van der Waals surface area (Å²) >= 11 is 1.83. The van der Waals surface area contributed by atoms with Gasteiger partial charge in [-0.2, -0.15) is 0 Å². The molecule has 0 aliphatic carbocycles. The van der Waals surface area contributed by atoms with E-state index in [0.717, 1.165) is 39.4 Å². The fraction of sp³-hybridized carbons (Fsp3) is 0. The number of hydrogen-bond donors (Lipinski definition) is 0. The average Bonchev–Trinajstić information content (AvgIpc) is 3.74. The van der Waals surface area contributed by atoms with E-state index in [1.807, 2.05) is 23.5 Å². The van der Waals surface area contributed by atoms with Crippen LogP contribution in [-0.4, -0.2) is 4.57 Å². The Morgan fingerprint density at radius 3 is 1.65 bits per heavy atom. The molecule has 0 unspecified atom stereocenters. The molecule has 8 aromatic carbocycles. The van der Waals surface area contributed by atoms with Crippen molar-refractivity contribution in [3.63, 3.8) is 0 Å². The SMILES string of the molecule is Fc1ccc(-c2ccc(N(c3ccc(-c4ccc5c(c4)c4ccccc4n5-c4ccccc4)cc3)c3ccc4c(c3)sc3ccccc34)cc2)cc1. The van der Waals surface area contributed by atoms with Gasteiger partial charge >= 0.3 is 0 Å². The molecular formula is C48H31FN2S. The number of hydrogen-bond acceptors (Lipinski definition) is 2. The maximum absolute atomic E-state index is 13.7. The molecule has 10 aromatic rings. The molecule has 246 valence electrons. The summed E-state index contributed by atoms with van der Waals surface area (Å²) in [5, 5.41) is 5.04. The van der Waals surface area contributed by atoms with Crippen molar-refractivity contribution in [3.8, 4) is 27.9 Å². The molecule has 0 saturated heterocycles. The van der Waals surface area contributed by atoms with Gasteiger partial charge in [-0.15, -0.1) is 11.3 Å². The van der Waals surface area contributed by atoms with Gasteiger partial charge in [0.2, 0.25) is 0 Å². The van der Waals surface area contributed by atoms with Crippen molar-refractivity contribution in [2.75, 3.05) is 4.90 Å². The van der Waals surface area contributed by atoms with Crippen molar-refractivity contribution in [3.05, 3.63) is 194 Å². The van der Waals surface area contributed by atoms with E-state index < -0.39 is 0 Å². The van der Waals surface area contributed by atoms with Crippen LogP contribution < -0.4 is 4.90 Å². The molecule has 2 heterocycles. The molecule has 10 rings (SSSR count). The van der Waals surface area contributed by atoms with E-state index in [-0.39, 0.29) is 5.82 Å². The molecule has 0 amide bonds. The third kappa shape index (κ3) is 5.15. The van der Waals surface area contributed by atoms with Crippen LogP contribution in [0.3, 0.4) is 0 Å². The van der Waals surface area contributed by atoms with Gasteiger partial charge in [-0.3, -0.25) is 0 Å². The average molecular weight is 687 g/mol. The van der Waals surface area contributed by atoms with Crippen LogP contribution in [0.25, 0.3) is 69.9 Å². The molecule has 2 aromatic heterocycles. The maximum atomic E-state index is 13.7. The summed E-state index contributed by atoms with van der Waals surface area (Å²) in [7, 11) is 0. The Balaban J connectivity index is 1.06. The number of aromatic nitrogens is 1. The summed E-state index contributed by atoms with van der Waals surface area (Å²) in [5.41, 5.74) is 11.1. The predicted molar refractivity (Wildman–Crippen MR) is 219 cm³/mol. The summed E-state index contributed by atoms with van der Waals surface area (Å²) in [6.45, 7) is 0. The van der Waals surface area contributed by atoms with E-state index in [0.29, 0.717) is 0 Å². The predicted octanol–water partition coefficient (Wildman–Crippen LogP) is 14.1. The van der Waals surface area contributed by atoms with E-state index in [2.05, 4.69) is 173 Å². The zero-order chi connectivity index (χ0) is 34.6. The number of rotatable bonds is 6. The minimum atomic E-state index is -0.231. The highest BCUT2D eigenvalue weighted by Gasteiger charge is 2.17. The van der Waals surface area contributed by atoms with Crippen LogP contribution in [0.4, 0.5) is 21.5 Å². The molecule has 0 fully saturated rings. The van der Waals surface area contributed by atoms with Crippen LogP contribution in [0.1, 0.15) is 0 Å². The van der Waals surface area contributed by atoms with E-state index in [4.69, 9.17) is 0 Å². The van der Waals surface area contributed by atoms with E-state index in [1.54, 1.807) is 0 Å². The maximum Gasteiger partial charge on any atom is 0.123 e. The molecule has 0 aliphatic heterocycles. The monoisotopic (exact) mass is 686 g/mol. The summed E-state index contributed by atoms with van der Waals surface area (Å²) < 4.78 is 18.5. The number of para-hydroxylation sites is 2. The smallest absolute Gasteiger partial charge is 0.123 e. The second-order valence-electron chi connectivity index (χ2n) is 13.1. The molecule has 0 spiro atoms. The highest BCUT2D eigenvalue weighted by Crippen LogP contribution is 2.42. The molecule has 2 nitrogen and oxygen atoms in total. The quantitative estimate of drug-likeness (QED) is 0.169. The molecule has 0 aliphatic rings. The zero-order valence-corrected chi connectivity index (χ0v) is 28.9. The normalized spacial score (nSPS) is 11.6. The van der Waals surface area contributed by atoms with Gasteiger partial charge in [0.1, 0.15) is 5.82 Å². The first-order chi connectivity index (χ1) is 25.7. The minimum absolute atomic E-state index is 0.231. The van der Waals surface area contributed by atoms with Gasteiger partial charge in [-0.05, 0) is 107 Å². The Kier molecular flexibility index (Phi) is 7.22. The molecule has 0 saturated carbocycles. The number of benzene rings is 8. The van der Waals surface area contributed by atoms with Gasteiger partial charge in [0.15, 0.2) is 0 Å². The van der Waals surface area contributed by atoms with Crippen LogP contribution in [0.2, 0.25) is 0 Å². The third-order valence-electron chi connectivity index (χ3n) is 10.1. The first-order valence-electron chi connectivity index (χ1n) is 17.4. The third-order valence-corrected chi connectivity index (χ3v) is 11.2. The van der Waals surface area contributed by atoms with E-state index in [1.165, 1.54) is 59.7 Å². The number of anilines is 3. The molecule has 0 atom stereocenters. The summed E-state index contributed by atoms with van der Waals surface area (Å²) in [4.78, 5) is 2.32. The van der Waals surface area contributed by atoms with Crippen LogP contribution in [-0.2, 0) is 0 Å². The van der Waals surface area contributed by atoms with Gasteiger partial charge in [0, 0.05) is 53.7 Å². The number of halogens is 1. The lowest BCUT2D eigenvalue weighted by atomic mass is 10.0. The van der Waals surface area contributed by atoms with Gasteiger partial charge in [-0.1, -0.05) is 103 Å².